The summed E-state index contributed by atoms with van der Waals surface area (Å²) in [7, 11) is 0. The fourth-order valence-corrected chi connectivity index (χ4v) is 4.19. The SMILES string of the molecule is N#Cc1ccc(CC(=O)Nc2cnn(-c3cccc(C(=O)Nc4ccc(N5CCOCC5)cc4)c3)c2)cc1. The summed E-state index contributed by atoms with van der Waals surface area (Å²) in [6.07, 6.45) is 3.43. The fraction of sp³-hybridized carbons (Fsp3) is 0.172. The van der Waals surface area contributed by atoms with Crippen molar-refractivity contribution in [2.24, 2.45) is 0 Å². The van der Waals surface area contributed by atoms with Crippen LogP contribution in [0, 0.1) is 11.3 Å². The van der Waals surface area contributed by atoms with Gasteiger partial charge in [-0.25, -0.2) is 4.68 Å². The molecule has 0 spiro atoms. The summed E-state index contributed by atoms with van der Waals surface area (Å²) in [5.41, 5.74) is 4.89. The van der Waals surface area contributed by atoms with Crippen molar-refractivity contribution in [2.45, 2.75) is 6.42 Å². The summed E-state index contributed by atoms with van der Waals surface area (Å²) in [5.74, 6) is -0.420. The number of morpholine rings is 1. The average molecular weight is 507 g/mol. The molecule has 0 saturated carbocycles. The monoisotopic (exact) mass is 506 g/mol. The molecule has 9 nitrogen and oxygen atoms in total. The van der Waals surface area contributed by atoms with Gasteiger partial charge in [0.2, 0.25) is 5.91 Å². The third-order valence-electron chi connectivity index (χ3n) is 6.19. The Bertz CT molecular complexity index is 1470. The van der Waals surface area contributed by atoms with E-state index < -0.39 is 0 Å². The van der Waals surface area contributed by atoms with Crippen molar-refractivity contribution >= 4 is 28.9 Å². The largest absolute Gasteiger partial charge is 0.378 e. The molecule has 1 aromatic heterocycles. The van der Waals surface area contributed by atoms with Crippen LogP contribution in [0.25, 0.3) is 5.69 Å². The lowest BCUT2D eigenvalue weighted by Gasteiger charge is -2.28. The number of nitriles is 1. The normalized spacial score (nSPS) is 13.0. The highest BCUT2D eigenvalue weighted by molar-refractivity contribution is 6.04. The Kier molecular flexibility index (Phi) is 7.43. The van der Waals surface area contributed by atoms with E-state index >= 15 is 0 Å². The molecule has 1 saturated heterocycles. The number of carbonyl (C=O) groups is 2. The Balaban J connectivity index is 1.20. The van der Waals surface area contributed by atoms with E-state index in [0.29, 0.717) is 28.2 Å². The number of hydrogen-bond acceptors (Lipinski definition) is 6. The Morgan fingerprint density at radius 3 is 2.42 bits per heavy atom. The van der Waals surface area contributed by atoms with Gasteiger partial charge in [-0.15, -0.1) is 0 Å². The van der Waals surface area contributed by atoms with Gasteiger partial charge in [0.1, 0.15) is 0 Å². The number of carbonyl (C=O) groups excluding carboxylic acids is 2. The molecule has 1 fully saturated rings. The molecule has 190 valence electrons. The molecule has 0 radical (unpaired) electrons. The zero-order valence-corrected chi connectivity index (χ0v) is 20.6. The van der Waals surface area contributed by atoms with Crippen molar-refractivity contribution in [2.75, 3.05) is 41.8 Å². The predicted octanol–water partition coefficient (Wildman–Crippen LogP) is 4.01. The molecular weight excluding hydrogens is 480 g/mol. The van der Waals surface area contributed by atoms with Crippen LogP contribution in [0.2, 0.25) is 0 Å². The van der Waals surface area contributed by atoms with Crippen molar-refractivity contribution in [3.8, 4) is 11.8 Å². The number of anilines is 3. The van der Waals surface area contributed by atoms with Gasteiger partial charge in [-0.1, -0.05) is 18.2 Å². The highest BCUT2D eigenvalue weighted by Crippen LogP contribution is 2.20. The smallest absolute Gasteiger partial charge is 0.255 e. The van der Waals surface area contributed by atoms with Gasteiger partial charge >= 0.3 is 0 Å². The molecule has 0 atom stereocenters. The first-order chi connectivity index (χ1) is 18.6. The van der Waals surface area contributed by atoms with Crippen LogP contribution < -0.4 is 15.5 Å². The number of nitrogens with zero attached hydrogens (tertiary/aromatic N) is 4. The van der Waals surface area contributed by atoms with E-state index in [1.54, 1.807) is 59.5 Å². The maximum Gasteiger partial charge on any atom is 0.255 e. The summed E-state index contributed by atoms with van der Waals surface area (Å²) in [5, 5.41) is 19.0. The zero-order chi connectivity index (χ0) is 26.3. The molecule has 5 rings (SSSR count). The van der Waals surface area contributed by atoms with Gasteiger partial charge in [-0.3, -0.25) is 9.59 Å². The minimum atomic E-state index is -0.228. The number of amides is 2. The molecule has 0 bridgehead atoms. The zero-order valence-electron chi connectivity index (χ0n) is 20.6. The second-order valence-corrected chi connectivity index (χ2v) is 8.86. The van der Waals surface area contributed by atoms with E-state index in [1.165, 1.54) is 0 Å². The van der Waals surface area contributed by atoms with E-state index in [1.807, 2.05) is 30.3 Å². The lowest BCUT2D eigenvalue weighted by atomic mass is 10.1. The Labute approximate surface area is 220 Å². The van der Waals surface area contributed by atoms with Crippen molar-refractivity contribution in [1.29, 1.82) is 5.26 Å². The first-order valence-electron chi connectivity index (χ1n) is 12.3. The van der Waals surface area contributed by atoms with Crippen LogP contribution in [0.1, 0.15) is 21.5 Å². The average Bonchev–Trinajstić information content (AvgIpc) is 3.43. The number of nitrogens with one attached hydrogen (secondary N) is 2. The van der Waals surface area contributed by atoms with Crippen molar-refractivity contribution in [3.63, 3.8) is 0 Å². The molecule has 2 heterocycles. The van der Waals surface area contributed by atoms with Crippen LogP contribution in [0.15, 0.2) is 85.2 Å². The van der Waals surface area contributed by atoms with E-state index in [-0.39, 0.29) is 18.2 Å². The van der Waals surface area contributed by atoms with Gasteiger partial charge in [0.25, 0.3) is 5.91 Å². The van der Waals surface area contributed by atoms with Crippen LogP contribution in [0.5, 0.6) is 0 Å². The van der Waals surface area contributed by atoms with Gasteiger partial charge in [0.05, 0.1) is 55.0 Å². The predicted molar refractivity (Wildman–Crippen MR) is 144 cm³/mol. The second kappa shape index (κ2) is 11.4. The molecule has 1 aliphatic heterocycles. The van der Waals surface area contributed by atoms with E-state index in [2.05, 4.69) is 26.7 Å². The number of ether oxygens (including phenoxy) is 1. The quantitative estimate of drug-likeness (QED) is 0.392. The number of aromatic nitrogens is 2. The van der Waals surface area contributed by atoms with Crippen molar-refractivity contribution in [1.82, 2.24) is 9.78 Å². The van der Waals surface area contributed by atoms with Crippen LogP contribution in [0.4, 0.5) is 17.1 Å². The summed E-state index contributed by atoms with van der Waals surface area (Å²) < 4.78 is 7.01. The highest BCUT2D eigenvalue weighted by atomic mass is 16.5. The lowest BCUT2D eigenvalue weighted by Crippen LogP contribution is -2.36. The molecule has 2 N–H and O–H groups in total. The van der Waals surface area contributed by atoms with Gasteiger partial charge in [-0.05, 0) is 60.2 Å². The molecular formula is C29H26N6O3. The topological polar surface area (TPSA) is 112 Å². The third kappa shape index (κ3) is 6.06. The number of hydrogen-bond donors (Lipinski definition) is 2. The van der Waals surface area contributed by atoms with Crippen molar-refractivity contribution < 1.29 is 14.3 Å². The van der Waals surface area contributed by atoms with Crippen LogP contribution in [-0.2, 0) is 16.0 Å². The number of benzene rings is 3. The molecule has 1 aliphatic rings. The van der Waals surface area contributed by atoms with E-state index in [9.17, 15) is 9.59 Å². The van der Waals surface area contributed by atoms with Crippen LogP contribution in [-0.4, -0.2) is 47.9 Å². The van der Waals surface area contributed by atoms with Crippen LogP contribution in [0.3, 0.4) is 0 Å². The summed E-state index contributed by atoms with van der Waals surface area (Å²) >= 11 is 0. The summed E-state index contributed by atoms with van der Waals surface area (Å²) in [4.78, 5) is 27.6. The fourth-order valence-electron chi connectivity index (χ4n) is 4.19. The maximum absolute atomic E-state index is 12.9. The second-order valence-electron chi connectivity index (χ2n) is 8.86. The molecule has 38 heavy (non-hydrogen) atoms. The third-order valence-corrected chi connectivity index (χ3v) is 6.19. The minimum absolute atomic E-state index is 0.181. The lowest BCUT2D eigenvalue weighted by molar-refractivity contribution is -0.115. The van der Waals surface area contributed by atoms with Gasteiger partial charge in [0, 0.05) is 30.0 Å². The van der Waals surface area contributed by atoms with Crippen molar-refractivity contribution in [3.05, 3.63) is 102 Å². The molecule has 2 amide bonds. The first-order valence-corrected chi connectivity index (χ1v) is 12.3. The van der Waals surface area contributed by atoms with Gasteiger partial charge in [0.15, 0.2) is 0 Å². The van der Waals surface area contributed by atoms with Gasteiger partial charge in [-0.2, -0.15) is 10.4 Å². The summed E-state index contributed by atoms with van der Waals surface area (Å²) in [6, 6.07) is 23.8. The van der Waals surface area contributed by atoms with E-state index in [4.69, 9.17) is 10.00 Å². The first kappa shape index (κ1) is 24.7. The molecule has 0 aliphatic carbocycles. The molecule has 3 aromatic carbocycles. The maximum atomic E-state index is 12.9. The minimum Gasteiger partial charge on any atom is -0.378 e. The van der Waals surface area contributed by atoms with Gasteiger partial charge < -0.3 is 20.3 Å². The molecule has 0 unspecified atom stereocenters. The Hall–Kier alpha value is -4.94. The highest BCUT2D eigenvalue weighted by Gasteiger charge is 2.13. The van der Waals surface area contributed by atoms with Crippen LogP contribution >= 0.6 is 0 Å². The molecule has 4 aromatic rings. The molecule has 9 heteroatoms. The summed E-state index contributed by atoms with van der Waals surface area (Å²) in [6.45, 7) is 3.15. The standard InChI is InChI=1S/C29H26N6O3/c30-18-22-6-4-21(5-7-22)16-28(36)32-25-19-31-35(20-25)27-3-1-2-23(17-27)29(37)33-24-8-10-26(11-9-24)34-12-14-38-15-13-34/h1-11,17,19-20H,12-16H2,(H,32,36)(H,33,37). The Morgan fingerprint density at radius 2 is 1.68 bits per heavy atom. The Morgan fingerprint density at radius 1 is 0.921 bits per heavy atom. The van der Waals surface area contributed by atoms with E-state index in [0.717, 1.165) is 37.6 Å². The number of rotatable bonds is 7.